The van der Waals surface area contributed by atoms with Gasteiger partial charge in [-0.15, -0.1) is 0 Å². The first kappa shape index (κ1) is 40.7. The number of nitrogens with zero attached hydrogens (tertiary/aromatic N) is 1. The van der Waals surface area contributed by atoms with Gasteiger partial charge in [0.2, 0.25) is 0 Å². The number of nitrogens with one attached hydrogen (secondary N) is 1. The van der Waals surface area contributed by atoms with E-state index in [1.807, 2.05) is 0 Å². The van der Waals surface area contributed by atoms with E-state index in [2.05, 4.69) is 56.1 Å². The zero-order valence-corrected chi connectivity index (χ0v) is 24.0. The second-order valence-corrected chi connectivity index (χ2v) is 12.1. The lowest BCUT2D eigenvalue weighted by Crippen LogP contribution is -2.52. The fourth-order valence-electron chi connectivity index (χ4n) is 6.33. The van der Waals surface area contributed by atoms with Gasteiger partial charge in [0, 0.05) is 37.8 Å². The molecule has 0 radical (unpaired) electrons. The highest BCUT2D eigenvalue weighted by atomic mass is 35.5. The predicted molar refractivity (Wildman–Crippen MR) is 159 cm³/mol. The number of allylic oxidation sites excluding steroid dienone is 3. The Balaban J connectivity index is -0.00000231. The lowest BCUT2D eigenvalue weighted by Gasteiger charge is -2.49. The van der Waals surface area contributed by atoms with Crippen LogP contribution in [0.5, 0.6) is 0 Å². The zero-order chi connectivity index (χ0) is 23.1. The van der Waals surface area contributed by atoms with Crippen molar-refractivity contribution in [2.24, 2.45) is 23.2 Å². The summed E-state index contributed by atoms with van der Waals surface area (Å²) in [5.74, 6) is 2.33. The Morgan fingerprint density at radius 1 is 1.11 bits per heavy atom. The molecule has 0 spiro atoms. The van der Waals surface area contributed by atoms with Gasteiger partial charge < -0.3 is 36.9 Å². The van der Waals surface area contributed by atoms with Gasteiger partial charge in [-0.3, -0.25) is 0 Å². The molecule has 1 fully saturated rings. The van der Waals surface area contributed by atoms with Crippen LogP contribution in [0.1, 0.15) is 80.1 Å². The minimum absolute atomic E-state index is 0. The third-order valence-corrected chi connectivity index (χ3v) is 8.12. The number of rotatable bonds is 10. The Kier molecular flexibility index (Phi) is 21.3. The van der Waals surface area contributed by atoms with Gasteiger partial charge in [0.15, 0.2) is 0 Å². The number of hydrogen-bond donors (Lipinski definition) is 1. The summed E-state index contributed by atoms with van der Waals surface area (Å²) < 4.78 is 5.35. The summed E-state index contributed by atoms with van der Waals surface area (Å²) >= 11 is 6.26. The van der Waals surface area contributed by atoms with Gasteiger partial charge in [-0.2, -0.15) is 0 Å². The number of piperidine rings is 1. The molecule has 0 aromatic rings. The molecule has 222 valence electrons. The van der Waals surface area contributed by atoms with Gasteiger partial charge in [0.1, 0.15) is 0 Å². The zero-order valence-electron chi connectivity index (χ0n) is 23.3. The molecule has 9 N–H and O–H groups in total. The lowest BCUT2D eigenvalue weighted by atomic mass is 9.65. The first-order valence-corrected chi connectivity index (χ1v) is 13.3. The number of hydrogen-bond acceptors (Lipinski definition) is 3. The molecule has 0 amide bonds. The monoisotopic (exact) mass is 550 g/mol. The van der Waals surface area contributed by atoms with Gasteiger partial charge in [-0.05, 0) is 85.8 Å². The molecule has 8 heteroatoms. The molecule has 3 aliphatic rings. The number of likely N-dealkylation sites (tertiary alicyclic amines) is 1. The van der Waals surface area contributed by atoms with Gasteiger partial charge in [0.25, 0.3) is 0 Å². The number of ether oxygens (including phenoxy) is 1. The average molecular weight is 551 g/mol. The molecule has 1 aliphatic heterocycles. The standard InChI is InChI=1S/C28H47ClN2O.CH4.4H2O/c1-21(2)15-26(30-17-22-7-6-8-23(16-22)19-32-5)18-31-14-13-27(28(3,4)20-31)24-9-11-25(29)12-10-24;;;;;/h7,11,16,21,24,26-27,30H,6,8-10,12-15,17-20H2,1-5H3;1H4;4*1H2/t24?,26-,27?;;;;;/m1...../s1. The van der Waals surface area contributed by atoms with Gasteiger partial charge in [-0.25, -0.2) is 0 Å². The Morgan fingerprint density at radius 2 is 1.81 bits per heavy atom. The Hall–Kier alpha value is -0.770. The molecule has 3 rings (SSSR count). The Morgan fingerprint density at radius 3 is 2.38 bits per heavy atom. The van der Waals surface area contributed by atoms with Crippen LogP contribution in [0, 0.1) is 23.2 Å². The molecular formula is C29H59ClN2O5. The van der Waals surface area contributed by atoms with E-state index in [1.165, 1.54) is 49.9 Å². The van der Waals surface area contributed by atoms with Crippen LogP contribution in [-0.4, -0.2) is 72.7 Å². The predicted octanol–water partition coefficient (Wildman–Crippen LogP) is 3.89. The van der Waals surface area contributed by atoms with Crippen LogP contribution in [0.4, 0.5) is 0 Å². The SMILES string of the molecule is C.COCC1=CC(CN[C@H](CC(C)C)CN2CCC(C3CC=C(Cl)CC3)C(C)(C)C2)=CCC1.O.O.O.O. The first-order chi connectivity index (χ1) is 15.3. The minimum Gasteiger partial charge on any atom is -0.412 e. The van der Waals surface area contributed by atoms with Crippen molar-refractivity contribution < 1.29 is 26.6 Å². The maximum absolute atomic E-state index is 6.26. The molecule has 1 heterocycles. The van der Waals surface area contributed by atoms with Gasteiger partial charge in [0.05, 0.1) is 6.61 Å². The molecule has 3 atom stereocenters. The molecular weight excluding hydrogens is 492 g/mol. The van der Waals surface area contributed by atoms with Crippen molar-refractivity contribution in [1.29, 1.82) is 0 Å². The fraction of sp³-hybridized carbons (Fsp3) is 0.793. The van der Waals surface area contributed by atoms with E-state index in [4.69, 9.17) is 16.3 Å². The van der Waals surface area contributed by atoms with Gasteiger partial charge in [-0.1, -0.05) is 65.0 Å². The summed E-state index contributed by atoms with van der Waals surface area (Å²) in [5, 5.41) is 5.00. The van der Waals surface area contributed by atoms with Crippen molar-refractivity contribution in [3.8, 4) is 0 Å². The molecule has 0 saturated carbocycles. The first-order valence-electron chi connectivity index (χ1n) is 12.9. The van der Waals surface area contributed by atoms with Crippen LogP contribution >= 0.6 is 11.6 Å². The second kappa shape index (κ2) is 19.3. The summed E-state index contributed by atoms with van der Waals surface area (Å²) in [4.78, 5) is 2.74. The molecule has 0 aromatic heterocycles. The highest BCUT2D eigenvalue weighted by Crippen LogP contribution is 2.44. The van der Waals surface area contributed by atoms with Crippen molar-refractivity contribution in [2.45, 2.75) is 86.1 Å². The fourth-order valence-corrected chi connectivity index (χ4v) is 6.52. The van der Waals surface area contributed by atoms with Crippen molar-refractivity contribution in [1.82, 2.24) is 10.2 Å². The van der Waals surface area contributed by atoms with E-state index >= 15 is 0 Å². The highest BCUT2D eigenvalue weighted by molar-refractivity contribution is 6.29. The van der Waals surface area contributed by atoms with E-state index < -0.39 is 0 Å². The molecule has 2 aliphatic carbocycles. The molecule has 7 nitrogen and oxygen atoms in total. The van der Waals surface area contributed by atoms with E-state index in [1.54, 1.807) is 7.11 Å². The third kappa shape index (κ3) is 12.8. The number of methoxy groups -OCH3 is 1. The van der Waals surface area contributed by atoms with Crippen LogP contribution in [0.3, 0.4) is 0 Å². The molecule has 37 heavy (non-hydrogen) atoms. The van der Waals surface area contributed by atoms with E-state index in [9.17, 15) is 0 Å². The maximum Gasteiger partial charge on any atom is 0.0676 e. The topological polar surface area (TPSA) is 150 Å². The third-order valence-electron chi connectivity index (χ3n) is 7.78. The second-order valence-electron chi connectivity index (χ2n) is 11.6. The Labute approximate surface area is 232 Å². The summed E-state index contributed by atoms with van der Waals surface area (Å²) in [6.45, 7) is 15.0. The Bertz CT molecular complexity index is 708. The van der Waals surface area contributed by atoms with Crippen molar-refractivity contribution in [3.63, 3.8) is 0 Å². The van der Waals surface area contributed by atoms with E-state index in [-0.39, 0.29) is 29.3 Å². The molecule has 0 bridgehead atoms. The summed E-state index contributed by atoms with van der Waals surface area (Å²) in [6.07, 6.45) is 15.4. The van der Waals surface area contributed by atoms with Crippen molar-refractivity contribution in [3.05, 3.63) is 34.4 Å². The summed E-state index contributed by atoms with van der Waals surface area (Å²) in [6, 6.07) is 0.542. The van der Waals surface area contributed by atoms with Crippen LogP contribution in [0.2, 0.25) is 0 Å². The smallest absolute Gasteiger partial charge is 0.0676 e. The lowest BCUT2D eigenvalue weighted by molar-refractivity contribution is 0.0133. The summed E-state index contributed by atoms with van der Waals surface area (Å²) in [7, 11) is 1.79. The van der Waals surface area contributed by atoms with Crippen LogP contribution in [-0.2, 0) is 4.74 Å². The quantitative estimate of drug-likeness (QED) is 0.439. The minimum atomic E-state index is 0. The normalized spacial score (nSPS) is 23.9. The van der Waals surface area contributed by atoms with Crippen LogP contribution < -0.4 is 5.32 Å². The maximum atomic E-state index is 6.26. The largest absolute Gasteiger partial charge is 0.412 e. The summed E-state index contributed by atoms with van der Waals surface area (Å²) in [5.41, 5.74) is 3.22. The van der Waals surface area contributed by atoms with E-state index in [0.717, 1.165) is 55.8 Å². The highest BCUT2D eigenvalue weighted by Gasteiger charge is 2.40. The molecule has 2 unspecified atom stereocenters. The van der Waals surface area contributed by atoms with Gasteiger partial charge >= 0.3 is 0 Å². The van der Waals surface area contributed by atoms with Crippen LogP contribution in [0.25, 0.3) is 0 Å². The molecule has 1 saturated heterocycles. The van der Waals surface area contributed by atoms with Crippen molar-refractivity contribution in [2.75, 3.05) is 39.9 Å². The van der Waals surface area contributed by atoms with E-state index in [0.29, 0.717) is 17.4 Å². The molecule has 0 aromatic carbocycles. The van der Waals surface area contributed by atoms with Crippen molar-refractivity contribution >= 4 is 11.6 Å². The average Bonchev–Trinajstić information content (AvgIpc) is 2.73. The van der Waals surface area contributed by atoms with Crippen LogP contribution in [0.15, 0.2) is 34.4 Å². The number of halogens is 1.